The molecule has 0 bridgehead atoms. The summed E-state index contributed by atoms with van der Waals surface area (Å²) in [4.78, 5) is 22.5. The third-order valence-electron chi connectivity index (χ3n) is 3.50. The monoisotopic (exact) mass is 365 g/mol. The number of primary amides is 2. The van der Waals surface area contributed by atoms with Crippen LogP contribution in [0.15, 0.2) is 30.3 Å². The van der Waals surface area contributed by atoms with E-state index in [-0.39, 0.29) is 11.8 Å². The van der Waals surface area contributed by atoms with Crippen LogP contribution < -0.4 is 11.5 Å². The molecule has 0 aliphatic carbocycles. The molecule has 1 aromatic rings. The van der Waals surface area contributed by atoms with E-state index in [4.69, 9.17) is 11.5 Å². The fourth-order valence-corrected chi connectivity index (χ4v) is 1.99. The van der Waals surface area contributed by atoms with E-state index in [1.54, 1.807) is 0 Å². The van der Waals surface area contributed by atoms with E-state index in [2.05, 4.69) is 45.0 Å². The van der Waals surface area contributed by atoms with E-state index in [9.17, 15) is 9.59 Å². The Morgan fingerprint density at radius 2 is 1.35 bits per heavy atom. The van der Waals surface area contributed by atoms with Crippen LogP contribution in [-0.4, -0.2) is 37.4 Å². The molecule has 150 valence electrons. The highest BCUT2D eigenvalue weighted by molar-refractivity contribution is 5.74. The second-order valence-corrected chi connectivity index (χ2v) is 6.66. The summed E-state index contributed by atoms with van der Waals surface area (Å²) in [6, 6.07) is 10.3. The highest BCUT2D eigenvalue weighted by Crippen LogP contribution is 1.98. The third kappa shape index (κ3) is 27.0. The first-order chi connectivity index (χ1) is 12.3. The van der Waals surface area contributed by atoms with Gasteiger partial charge in [-0.1, -0.05) is 62.1 Å². The summed E-state index contributed by atoms with van der Waals surface area (Å²) in [6.45, 7) is 5.58. The van der Waals surface area contributed by atoms with Gasteiger partial charge in [-0.05, 0) is 46.8 Å². The molecule has 1 aromatic carbocycles. The van der Waals surface area contributed by atoms with Crippen molar-refractivity contribution in [3.8, 4) is 0 Å². The van der Waals surface area contributed by atoms with Crippen LogP contribution in [0.5, 0.6) is 0 Å². The second-order valence-electron chi connectivity index (χ2n) is 6.66. The Hall–Kier alpha value is -1.88. The molecule has 4 N–H and O–H groups in total. The van der Waals surface area contributed by atoms with Gasteiger partial charge in [0.05, 0.1) is 0 Å². The Labute approximate surface area is 160 Å². The Morgan fingerprint density at radius 3 is 1.65 bits per heavy atom. The number of unbranched alkanes of at least 4 members (excludes halogenated alkanes) is 4. The summed E-state index contributed by atoms with van der Waals surface area (Å²) in [5, 5.41) is 0. The largest absolute Gasteiger partial charge is 0.370 e. The number of benzene rings is 1. The van der Waals surface area contributed by atoms with E-state index < -0.39 is 0 Å². The first-order valence-corrected chi connectivity index (χ1v) is 9.52. The predicted molar refractivity (Wildman–Crippen MR) is 111 cm³/mol. The Kier molecular flexibility index (Phi) is 19.7. The van der Waals surface area contributed by atoms with Crippen LogP contribution in [0, 0.1) is 6.92 Å². The second kappa shape index (κ2) is 19.4. The molecule has 0 saturated heterocycles. The van der Waals surface area contributed by atoms with Crippen LogP contribution in [0.2, 0.25) is 0 Å². The zero-order valence-corrected chi connectivity index (χ0v) is 17.2. The van der Waals surface area contributed by atoms with Crippen molar-refractivity contribution in [2.45, 2.75) is 65.2 Å². The zero-order valence-electron chi connectivity index (χ0n) is 17.2. The summed E-state index contributed by atoms with van der Waals surface area (Å²) >= 11 is 0. The molecule has 0 aliphatic heterocycles. The molecule has 0 spiro atoms. The van der Waals surface area contributed by atoms with Crippen molar-refractivity contribution in [1.29, 1.82) is 0 Å². The molecule has 0 radical (unpaired) electrons. The van der Waals surface area contributed by atoms with Crippen molar-refractivity contribution >= 4 is 11.8 Å². The quantitative estimate of drug-likeness (QED) is 0.620. The number of nitrogens with two attached hydrogens (primary N) is 2. The molecular weight excluding hydrogens is 326 g/mol. The van der Waals surface area contributed by atoms with E-state index in [1.807, 2.05) is 18.2 Å². The van der Waals surface area contributed by atoms with Crippen LogP contribution in [0.1, 0.15) is 63.9 Å². The van der Waals surface area contributed by atoms with Gasteiger partial charge in [-0.3, -0.25) is 9.59 Å². The van der Waals surface area contributed by atoms with Gasteiger partial charge in [0, 0.05) is 12.8 Å². The molecule has 0 aromatic heterocycles. The SMILES string of the molecule is CCCCCCN(C)C.Cc1ccccc1.NC(=O)CCCCC(N)=O. The van der Waals surface area contributed by atoms with Gasteiger partial charge in [-0.25, -0.2) is 0 Å². The van der Waals surface area contributed by atoms with Crippen molar-refractivity contribution in [2.75, 3.05) is 20.6 Å². The van der Waals surface area contributed by atoms with Gasteiger partial charge in [0.15, 0.2) is 0 Å². The average molecular weight is 366 g/mol. The molecule has 2 amide bonds. The molecule has 0 saturated carbocycles. The van der Waals surface area contributed by atoms with Crippen molar-refractivity contribution in [3.05, 3.63) is 35.9 Å². The highest BCUT2D eigenvalue weighted by atomic mass is 16.1. The average Bonchev–Trinajstić information content (AvgIpc) is 2.57. The summed E-state index contributed by atoms with van der Waals surface area (Å²) in [6.07, 6.45) is 7.48. The first-order valence-electron chi connectivity index (χ1n) is 9.52. The Morgan fingerprint density at radius 1 is 0.846 bits per heavy atom. The maximum Gasteiger partial charge on any atom is 0.217 e. The molecule has 0 aliphatic rings. The topological polar surface area (TPSA) is 89.4 Å². The summed E-state index contributed by atoms with van der Waals surface area (Å²) in [7, 11) is 4.26. The minimum absolute atomic E-state index is 0.329. The minimum atomic E-state index is -0.329. The summed E-state index contributed by atoms with van der Waals surface area (Å²) in [5.74, 6) is -0.658. The van der Waals surface area contributed by atoms with Crippen molar-refractivity contribution in [3.63, 3.8) is 0 Å². The summed E-state index contributed by atoms with van der Waals surface area (Å²) < 4.78 is 0. The number of aryl methyl sites for hydroxylation is 1. The number of carbonyl (C=O) groups is 2. The normalized spacial score (nSPS) is 9.58. The van der Waals surface area contributed by atoms with Crippen LogP contribution in [0.4, 0.5) is 0 Å². The number of hydrogen-bond acceptors (Lipinski definition) is 3. The van der Waals surface area contributed by atoms with Gasteiger partial charge in [0.1, 0.15) is 0 Å². The number of nitrogens with zero attached hydrogens (tertiary/aromatic N) is 1. The lowest BCUT2D eigenvalue weighted by Crippen LogP contribution is -2.12. The Balaban J connectivity index is 0. The van der Waals surface area contributed by atoms with Crippen molar-refractivity contribution in [1.82, 2.24) is 4.90 Å². The van der Waals surface area contributed by atoms with Crippen LogP contribution >= 0.6 is 0 Å². The van der Waals surface area contributed by atoms with Crippen molar-refractivity contribution in [2.24, 2.45) is 11.5 Å². The maximum atomic E-state index is 10.2. The maximum absolute atomic E-state index is 10.2. The molecule has 1 rings (SSSR count). The van der Waals surface area contributed by atoms with Gasteiger partial charge in [-0.2, -0.15) is 0 Å². The van der Waals surface area contributed by atoms with E-state index >= 15 is 0 Å². The van der Waals surface area contributed by atoms with Crippen molar-refractivity contribution < 1.29 is 9.59 Å². The minimum Gasteiger partial charge on any atom is -0.370 e. The lowest BCUT2D eigenvalue weighted by Gasteiger charge is -2.07. The van der Waals surface area contributed by atoms with Crippen LogP contribution in [0.25, 0.3) is 0 Å². The van der Waals surface area contributed by atoms with Crippen LogP contribution in [0.3, 0.4) is 0 Å². The fourth-order valence-electron chi connectivity index (χ4n) is 1.99. The molecule has 5 nitrogen and oxygen atoms in total. The smallest absolute Gasteiger partial charge is 0.217 e. The third-order valence-corrected chi connectivity index (χ3v) is 3.50. The molecule has 26 heavy (non-hydrogen) atoms. The van der Waals surface area contributed by atoms with Gasteiger partial charge in [0.2, 0.25) is 11.8 Å². The van der Waals surface area contributed by atoms with Crippen LogP contribution in [-0.2, 0) is 9.59 Å². The predicted octanol–water partition coefficient (Wildman–Crippen LogP) is 3.64. The Bertz CT molecular complexity index is 432. The zero-order chi connectivity index (χ0) is 20.2. The molecule has 0 fully saturated rings. The van der Waals surface area contributed by atoms with E-state index in [1.165, 1.54) is 37.8 Å². The van der Waals surface area contributed by atoms with Gasteiger partial charge < -0.3 is 16.4 Å². The highest BCUT2D eigenvalue weighted by Gasteiger charge is 1.96. The molecule has 5 heteroatoms. The van der Waals surface area contributed by atoms with E-state index in [0.717, 1.165) is 0 Å². The number of rotatable bonds is 10. The number of carbonyl (C=O) groups excluding carboxylic acids is 2. The van der Waals surface area contributed by atoms with E-state index in [0.29, 0.717) is 25.7 Å². The number of amides is 2. The molecule has 0 heterocycles. The standard InChI is InChI=1S/C8H19N.C7H8.C6H12N2O2/c1-4-5-6-7-8-9(2)3;1-7-5-3-2-4-6-7;7-5(9)3-1-2-4-6(8)10/h4-8H2,1-3H3;2-6H,1H3;1-4H2,(H2,7,9)(H2,8,10). The van der Waals surface area contributed by atoms with Gasteiger partial charge in [-0.15, -0.1) is 0 Å². The van der Waals surface area contributed by atoms with Gasteiger partial charge >= 0.3 is 0 Å². The summed E-state index contributed by atoms with van der Waals surface area (Å²) in [5.41, 5.74) is 11.0. The van der Waals surface area contributed by atoms with Gasteiger partial charge in [0.25, 0.3) is 0 Å². The fraction of sp³-hybridized carbons (Fsp3) is 0.619. The molecule has 0 atom stereocenters. The molecular formula is C21H39N3O2. The lowest BCUT2D eigenvalue weighted by atomic mass is 10.2. The molecule has 0 unspecified atom stereocenters. The first kappa shape index (κ1) is 26.4. The number of hydrogen-bond donors (Lipinski definition) is 2. The lowest BCUT2D eigenvalue weighted by molar-refractivity contribution is -0.119.